The highest BCUT2D eigenvalue weighted by Crippen LogP contribution is 2.38. The first-order chi connectivity index (χ1) is 20.8. The number of carbonyl (C=O) groups excluding carboxylic acids is 2. The zero-order chi connectivity index (χ0) is 32.1. The van der Waals surface area contributed by atoms with Gasteiger partial charge in [0.15, 0.2) is 0 Å². The van der Waals surface area contributed by atoms with Gasteiger partial charge in [-0.1, -0.05) is 78.9 Å². The molecule has 1 atom stereocenters. The number of aryl methyl sites for hydroxylation is 1. The van der Waals surface area contributed by atoms with Gasteiger partial charge in [0.1, 0.15) is 12.6 Å². The van der Waals surface area contributed by atoms with Crippen LogP contribution in [0.4, 0.5) is 18.9 Å². The van der Waals surface area contributed by atoms with Crippen LogP contribution in [-0.4, -0.2) is 43.8 Å². The predicted molar refractivity (Wildman–Crippen MR) is 164 cm³/mol. The van der Waals surface area contributed by atoms with E-state index in [4.69, 9.17) is 11.6 Å². The molecule has 236 valence electrons. The number of hydrogen-bond acceptors (Lipinski definition) is 4. The van der Waals surface area contributed by atoms with E-state index in [2.05, 4.69) is 5.32 Å². The highest BCUT2D eigenvalue weighted by Gasteiger charge is 2.37. The molecule has 1 fully saturated rings. The van der Waals surface area contributed by atoms with Crippen LogP contribution in [0.3, 0.4) is 0 Å². The molecule has 0 aliphatic heterocycles. The second kappa shape index (κ2) is 14.0. The number of halogens is 4. The van der Waals surface area contributed by atoms with Gasteiger partial charge >= 0.3 is 6.18 Å². The van der Waals surface area contributed by atoms with E-state index in [0.717, 1.165) is 49.8 Å². The molecule has 0 saturated heterocycles. The summed E-state index contributed by atoms with van der Waals surface area (Å²) < 4.78 is 69.7. The Kier molecular flexibility index (Phi) is 10.6. The van der Waals surface area contributed by atoms with Gasteiger partial charge in [-0.2, -0.15) is 13.2 Å². The lowest BCUT2D eigenvalue weighted by atomic mass is 9.95. The number of amides is 2. The third-order valence-corrected chi connectivity index (χ3v) is 9.86. The van der Waals surface area contributed by atoms with Gasteiger partial charge in [0.25, 0.3) is 10.0 Å². The minimum absolute atomic E-state index is 0.0218. The van der Waals surface area contributed by atoms with E-state index in [1.165, 1.54) is 29.2 Å². The Bertz CT molecular complexity index is 1560. The molecule has 1 aliphatic carbocycles. The van der Waals surface area contributed by atoms with E-state index in [1.807, 2.05) is 19.1 Å². The normalized spacial score (nSPS) is 15.0. The van der Waals surface area contributed by atoms with E-state index >= 15 is 0 Å². The first kappa shape index (κ1) is 33.3. The first-order valence-electron chi connectivity index (χ1n) is 14.4. The van der Waals surface area contributed by atoms with Crippen molar-refractivity contribution in [2.45, 2.75) is 75.7 Å². The van der Waals surface area contributed by atoms with Crippen molar-refractivity contribution < 1.29 is 31.2 Å². The van der Waals surface area contributed by atoms with Crippen LogP contribution in [0.15, 0.2) is 77.7 Å². The summed E-state index contributed by atoms with van der Waals surface area (Å²) in [5.41, 5.74) is 0.0466. The summed E-state index contributed by atoms with van der Waals surface area (Å²) in [6.07, 6.45) is -0.163. The molecule has 0 radical (unpaired) electrons. The van der Waals surface area contributed by atoms with Crippen molar-refractivity contribution in [3.8, 4) is 0 Å². The number of benzene rings is 3. The van der Waals surface area contributed by atoms with Crippen LogP contribution >= 0.6 is 11.6 Å². The van der Waals surface area contributed by atoms with Crippen LogP contribution < -0.4 is 9.62 Å². The maximum absolute atomic E-state index is 14.1. The van der Waals surface area contributed by atoms with Crippen LogP contribution in [0.25, 0.3) is 0 Å². The number of anilines is 1. The Morgan fingerprint density at radius 1 is 0.977 bits per heavy atom. The zero-order valence-electron chi connectivity index (χ0n) is 24.5. The summed E-state index contributed by atoms with van der Waals surface area (Å²) in [7, 11) is -4.53. The van der Waals surface area contributed by atoms with Crippen molar-refractivity contribution in [1.82, 2.24) is 10.2 Å². The van der Waals surface area contributed by atoms with Gasteiger partial charge in [-0.25, -0.2) is 8.42 Å². The standard InChI is InChI=1S/C32H35ClF3N3O4S/c1-22-13-15-24(16-14-22)20-38(23(2)31(41)37-25-9-5-3-6-10-25)30(40)21-39(44(42,43)27-11-7-4-8-12-27)26-17-18-29(33)28(19-26)32(34,35)36/h4,7-8,11-19,23,25H,3,5-6,9-10,20-21H2,1-2H3,(H,37,41). The van der Waals surface area contributed by atoms with Gasteiger partial charge < -0.3 is 10.2 Å². The third-order valence-electron chi connectivity index (χ3n) is 7.75. The summed E-state index contributed by atoms with van der Waals surface area (Å²) in [5.74, 6) is -1.15. The lowest BCUT2D eigenvalue weighted by molar-refractivity contribution is -0.139. The van der Waals surface area contributed by atoms with E-state index in [1.54, 1.807) is 25.1 Å². The average Bonchev–Trinajstić information content (AvgIpc) is 2.99. The van der Waals surface area contributed by atoms with Crippen LogP contribution in [0.2, 0.25) is 5.02 Å². The maximum atomic E-state index is 14.1. The van der Waals surface area contributed by atoms with Crippen molar-refractivity contribution in [3.05, 3.63) is 94.5 Å². The number of nitrogens with zero attached hydrogens (tertiary/aromatic N) is 2. The Balaban J connectivity index is 1.73. The molecule has 0 spiro atoms. The van der Waals surface area contributed by atoms with Gasteiger partial charge in [-0.3, -0.25) is 13.9 Å². The number of rotatable bonds is 10. The third kappa shape index (κ3) is 8.12. The summed E-state index contributed by atoms with van der Waals surface area (Å²) in [6, 6.07) is 16.1. The minimum atomic E-state index is -4.87. The molecule has 1 unspecified atom stereocenters. The SMILES string of the molecule is Cc1ccc(CN(C(=O)CN(c2ccc(Cl)c(C(F)(F)F)c2)S(=O)(=O)c2ccccc2)C(C)C(=O)NC2CCCCC2)cc1. The first-order valence-corrected chi connectivity index (χ1v) is 16.2. The lowest BCUT2D eigenvalue weighted by Crippen LogP contribution is -2.53. The summed E-state index contributed by atoms with van der Waals surface area (Å²) in [5, 5.41) is 2.40. The van der Waals surface area contributed by atoms with Gasteiger partial charge in [-0.15, -0.1) is 0 Å². The van der Waals surface area contributed by atoms with Crippen LogP contribution in [0.1, 0.15) is 55.7 Å². The fourth-order valence-corrected chi connectivity index (χ4v) is 6.83. The van der Waals surface area contributed by atoms with E-state index < -0.39 is 51.0 Å². The predicted octanol–water partition coefficient (Wildman–Crippen LogP) is 6.73. The van der Waals surface area contributed by atoms with Crippen molar-refractivity contribution in [1.29, 1.82) is 0 Å². The molecule has 0 aromatic heterocycles. The fourth-order valence-electron chi connectivity index (χ4n) is 5.18. The molecule has 3 aromatic carbocycles. The second-order valence-electron chi connectivity index (χ2n) is 11.0. The van der Waals surface area contributed by atoms with Gasteiger partial charge in [0.2, 0.25) is 11.8 Å². The maximum Gasteiger partial charge on any atom is 0.417 e. The molecule has 12 heteroatoms. The molecule has 4 rings (SSSR count). The Morgan fingerprint density at radius 3 is 2.23 bits per heavy atom. The highest BCUT2D eigenvalue weighted by atomic mass is 35.5. The smallest absolute Gasteiger partial charge is 0.352 e. The summed E-state index contributed by atoms with van der Waals surface area (Å²) in [6.45, 7) is 2.58. The monoisotopic (exact) mass is 649 g/mol. The molecule has 7 nitrogen and oxygen atoms in total. The molecule has 1 aliphatic rings. The summed E-state index contributed by atoms with van der Waals surface area (Å²) in [4.78, 5) is 28.5. The molecular formula is C32H35ClF3N3O4S. The molecule has 0 heterocycles. The molecule has 2 amide bonds. The molecule has 0 bridgehead atoms. The molecule has 3 aromatic rings. The van der Waals surface area contributed by atoms with Crippen molar-refractivity contribution in [2.75, 3.05) is 10.8 Å². The number of sulfonamides is 1. The van der Waals surface area contributed by atoms with Gasteiger partial charge in [0, 0.05) is 12.6 Å². The largest absolute Gasteiger partial charge is 0.417 e. The highest BCUT2D eigenvalue weighted by molar-refractivity contribution is 7.92. The number of hydrogen-bond donors (Lipinski definition) is 1. The molecular weight excluding hydrogens is 615 g/mol. The van der Waals surface area contributed by atoms with Crippen molar-refractivity contribution in [3.63, 3.8) is 0 Å². The lowest BCUT2D eigenvalue weighted by Gasteiger charge is -2.33. The number of carbonyl (C=O) groups is 2. The van der Waals surface area contributed by atoms with Crippen LogP contribution in [-0.2, 0) is 32.3 Å². The zero-order valence-corrected chi connectivity index (χ0v) is 26.1. The quantitative estimate of drug-likeness (QED) is 0.264. The topological polar surface area (TPSA) is 86.8 Å². The Labute approximate surface area is 261 Å². The minimum Gasteiger partial charge on any atom is -0.352 e. The Hall–Kier alpha value is -3.57. The van der Waals surface area contributed by atoms with Gasteiger partial charge in [-0.05, 0) is 62.6 Å². The van der Waals surface area contributed by atoms with Crippen LogP contribution in [0.5, 0.6) is 0 Å². The number of alkyl halides is 3. The van der Waals surface area contributed by atoms with Crippen LogP contribution in [0, 0.1) is 6.92 Å². The van der Waals surface area contributed by atoms with Crippen molar-refractivity contribution >= 4 is 39.1 Å². The fraction of sp³-hybridized carbons (Fsp3) is 0.375. The van der Waals surface area contributed by atoms with E-state index in [-0.39, 0.29) is 23.4 Å². The Morgan fingerprint density at radius 2 is 1.61 bits per heavy atom. The molecule has 1 N–H and O–H groups in total. The van der Waals surface area contributed by atoms with Gasteiger partial charge in [0.05, 0.1) is 21.2 Å². The van der Waals surface area contributed by atoms with E-state index in [0.29, 0.717) is 15.9 Å². The molecule has 44 heavy (non-hydrogen) atoms. The second-order valence-corrected chi connectivity index (χ2v) is 13.3. The van der Waals surface area contributed by atoms with Crippen molar-refractivity contribution in [2.24, 2.45) is 0 Å². The average molecular weight is 650 g/mol. The number of nitrogens with one attached hydrogen (secondary N) is 1. The summed E-state index contributed by atoms with van der Waals surface area (Å²) >= 11 is 5.82. The van der Waals surface area contributed by atoms with E-state index in [9.17, 15) is 31.2 Å². The molecule has 1 saturated carbocycles.